The minimum absolute atomic E-state index is 0.324. The van der Waals surface area contributed by atoms with Gasteiger partial charge in [0.15, 0.2) is 0 Å². The van der Waals surface area contributed by atoms with Gasteiger partial charge in [0.2, 0.25) is 9.84 Å². The average molecular weight is 303 g/mol. The first-order chi connectivity index (χ1) is 9.82. The van der Waals surface area contributed by atoms with E-state index in [2.05, 4.69) is 13.8 Å². The molecule has 0 spiro atoms. The van der Waals surface area contributed by atoms with Crippen molar-refractivity contribution in [1.82, 2.24) is 0 Å². The van der Waals surface area contributed by atoms with Gasteiger partial charge in [0.05, 0.1) is 9.79 Å². The van der Waals surface area contributed by atoms with E-state index in [1.54, 1.807) is 24.3 Å². The molecule has 2 rings (SSSR count). The maximum atomic E-state index is 12.6. The van der Waals surface area contributed by atoms with Gasteiger partial charge in [0.25, 0.3) is 0 Å². The van der Waals surface area contributed by atoms with Crippen LogP contribution in [0.15, 0.2) is 58.3 Å². The summed E-state index contributed by atoms with van der Waals surface area (Å²) < 4.78 is 25.2. The summed E-state index contributed by atoms with van der Waals surface area (Å²) in [6.45, 7) is 4.17. The van der Waals surface area contributed by atoms with Crippen molar-refractivity contribution < 1.29 is 8.42 Å². The fraction of sp³-hybridized carbons (Fsp3) is 0.294. The SMILES string of the molecule is CC(C)c1ccc(S(=O)(=O)c2ccc(N(C)C)cc2)cc1. The molecule has 3 nitrogen and oxygen atoms in total. The molecular formula is C17H21NO2S. The van der Waals surface area contributed by atoms with Gasteiger partial charge in [-0.05, 0) is 47.9 Å². The molecule has 0 unspecified atom stereocenters. The van der Waals surface area contributed by atoms with E-state index in [9.17, 15) is 8.42 Å². The first-order valence-electron chi connectivity index (χ1n) is 6.95. The topological polar surface area (TPSA) is 37.4 Å². The predicted molar refractivity (Wildman–Crippen MR) is 86.8 cm³/mol. The van der Waals surface area contributed by atoms with Crippen LogP contribution in [0.2, 0.25) is 0 Å². The van der Waals surface area contributed by atoms with Crippen LogP contribution in [0.5, 0.6) is 0 Å². The number of hydrogen-bond acceptors (Lipinski definition) is 3. The van der Waals surface area contributed by atoms with Crippen molar-refractivity contribution in [2.24, 2.45) is 0 Å². The number of benzene rings is 2. The quantitative estimate of drug-likeness (QED) is 0.864. The summed E-state index contributed by atoms with van der Waals surface area (Å²) in [5, 5.41) is 0. The van der Waals surface area contributed by atoms with Gasteiger partial charge in [-0.25, -0.2) is 8.42 Å². The van der Waals surface area contributed by atoms with Crippen LogP contribution in [0.1, 0.15) is 25.3 Å². The van der Waals surface area contributed by atoms with Crippen molar-refractivity contribution in [2.75, 3.05) is 19.0 Å². The van der Waals surface area contributed by atoms with Gasteiger partial charge >= 0.3 is 0 Å². The van der Waals surface area contributed by atoms with Crippen LogP contribution in [0.3, 0.4) is 0 Å². The summed E-state index contributed by atoms with van der Waals surface area (Å²) in [5.74, 6) is 0.390. The number of rotatable bonds is 4. The highest BCUT2D eigenvalue weighted by Crippen LogP contribution is 2.24. The largest absolute Gasteiger partial charge is 0.378 e. The van der Waals surface area contributed by atoms with Crippen molar-refractivity contribution in [3.8, 4) is 0 Å². The summed E-state index contributed by atoms with van der Waals surface area (Å²) in [6, 6.07) is 14.1. The first-order valence-corrected chi connectivity index (χ1v) is 8.43. The lowest BCUT2D eigenvalue weighted by molar-refractivity contribution is 0.596. The lowest BCUT2D eigenvalue weighted by atomic mass is 10.0. The Hall–Kier alpha value is -1.81. The Morgan fingerprint density at radius 2 is 1.24 bits per heavy atom. The number of hydrogen-bond donors (Lipinski definition) is 0. The molecule has 0 aliphatic heterocycles. The molecule has 0 amide bonds. The number of anilines is 1. The van der Waals surface area contributed by atoms with Gasteiger partial charge in [0.1, 0.15) is 0 Å². The molecule has 0 saturated carbocycles. The van der Waals surface area contributed by atoms with Gasteiger partial charge in [-0.3, -0.25) is 0 Å². The molecule has 2 aromatic carbocycles. The third-order valence-electron chi connectivity index (χ3n) is 3.52. The molecule has 0 saturated heterocycles. The van der Waals surface area contributed by atoms with E-state index < -0.39 is 9.84 Å². The smallest absolute Gasteiger partial charge is 0.206 e. The minimum Gasteiger partial charge on any atom is -0.378 e. The molecule has 112 valence electrons. The lowest BCUT2D eigenvalue weighted by Gasteiger charge is -2.13. The molecule has 0 bridgehead atoms. The van der Waals surface area contributed by atoms with Crippen molar-refractivity contribution >= 4 is 15.5 Å². The molecule has 0 aliphatic carbocycles. The maximum absolute atomic E-state index is 12.6. The summed E-state index contributed by atoms with van der Waals surface area (Å²) >= 11 is 0. The zero-order valence-electron chi connectivity index (χ0n) is 12.9. The maximum Gasteiger partial charge on any atom is 0.206 e. The highest BCUT2D eigenvalue weighted by molar-refractivity contribution is 7.91. The summed E-state index contributed by atoms with van der Waals surface area (Å²) in [7, 11) is 0.407. The van der Waals surface area contributed by atoms with Gasteiger partial charge in [-0.15, -0.1) is 0 Å². The Bertz CT molecular complexity index is 642. The van der Waals surface area contributed by atoms with Gasteiger partial charge in [0, 0.05) is 19.8 Å². The number of sulfone groups is 1. The summed E-state index contributed by atoms with van der Waals surface area (Å²) in [5.41, 5.74) is 2.11. The molecule has 4 heteroatoms. The molecule has 0 aliphatic rings. The Kier molecular flexibility index (Phi) is 4.37. The highest BCUT2D eigenvalue weighted by Gasteiger charge is 2.17. The van der Waals surface area contributed by atoms with Crippen LogP contribution < -0.4 is 4.90 Å². The summed E-state index contributed by atoms with van der Waals surface area (Å²) in [6.07, 6.45) is 0. The van der Waals surface area contributed by atoms with Crippen LogP contribution in [0.4, 0.5) is 5.69 Å². The second-order valence-corrected chi connectivity index (χ2v) is 7.57. The Labute approximate surface area is 127 Å². The van der Waals surface area contributed by atoms with Crippen molar-refractivity contribution in [1.29, 1.82) is 0 Å². The zero-order chi connectivity index (χ0) is 15.6. The van der Waals surface area contributed by atoms with Crippen LogP contribution in [-0.4, -0.2) is 22.5 Å². The molecule has 2 aromatic rings. The minimum atomic E-state index is -3.44. The Morgan fingerprint density at radius 1 is 0.810 bits per heavy atom. The molecule has 0 heterocycles. The van der Waals surface area contributed by atoms with E-state index in [4.69, 9.17) is 0 Å². The fourth-order valence-corrected chi connectivity index (χ4v) is 3.35. The van der Waals surface area contributed by atoms with Crippen LogP contribution in [-0.2, 0) is 9.84 Å². The van der Waals surface area contributed by atoms with Crippen LogP contribution >= 0.6 is 0 Å². The third-order valence-corrected chi connectivity index (χ3v) is 5.31. The molecule has 0 fully saturated rings. The fourth-order valence-electron chi connectivity index (χ4n) is 2.09. The Morgan fingerprint density at radius 3 is 1.62 bits per heavy atom. The lowest BCUT2D eigenvalue weighted by Crippen LogP contribution is -2.09. The first kappa shape index (κ1) is 15.6. The van der Waals surface area contributed by atoms with Crippen molar-refractivity contribution in [2.45, 2.75) is 29.6 Å². The van der Waals surface area contributed by atoms with Gasteiger partial charge in [-0.2, -0.15) is 0 Å². The second-order valence-electron chi connectivity index (χ2n) is 5.62. The van der Waals surface area contributed by atoms with E-state index in [0.717, 1.165) is 11.3 Å². The Balaban J connectivity index is 2.37. The molecule has 21 heavy (non-hydrogen) atoms. The van der Waals surface area contributed by atoms with E-state index in [1.807, 2.05) is 43.3 Å². The molecule has 0 aromatic heterocycles. The third kappa shape index (κ3) is 3.27. The van der Waals surface area contributed by atoms with E-state index in [-0.39, 0.29) is 0 Å². The van der Waals surface area contributed by atoms with Gasteiger partial charge in [-0.1, -0.05) is 26.0 Å². The predicted octanol–water partition coefficient (Wildman–Crippen LogP) is 3.71. The average Bonchev–Trinajstić information content (AvgIpc) is 2.47. The van der Waals surface area contributed by atoms with E-state index >= 15 is 0 Å². The zero-order valence-corrected chi connectivity index (χ0v) is 13.7. The van der Waals surface area contributed by atoms with Crippen molar-refractivity contribution in [3.63, 3.8) is 0 Å². The van der Waals surface area contributed by atoms with Gasteiger partial charge < -0.3 is 4.90 Å². The molecule has 0 radical (unpaired) electrons. The molecule has 0 N–H and O–H groups in total. The van der Waals surface area contributed by atoms with Crippen LogP contribution in [0, 0.1) is 0 Å². The molecule has 0 atom stereocenters. The second kappa shape index (κ2) is 5.90. The van der Waals surface area contributed by atoms with Crippen molar-refractivity contribution in [3.05, 3.63) is 54.1 Å². The van der Waals surface area contributed by atoms with E-state index in [0.29, 0.717) is 15.7 Å². The van der Waals surface area contributed by atoms with E-state index in [1.165, 1.54) is 0 Å². The normalized spacial score (nSPS) is 11.7. The highest BCUT2D eigenvalue weighted by atomic mass is 32.2. The summed E-state index contributed by atoms with van der Waals surface area (Å²) in [4.78, 5) is 2.60. The molecular weight excluding hydrogens is 282 g/mol. The number of nitrogens with zero attached hydrogens (tertiary/aromatic N) is 1. The van der Waals surface area contributed by atoms with Crippen LogP contribution in [0.25, 0.3) is 0 Å². The standard InChI is InChI=1S/C17H21NO2S/c1-13(2)14-5-9-16(10-6-14)21(19,20)17-11-7-15(8-12-17)18(3)4/h5-13H,1-4H3. The monoisotopic (exact) mass is 303 g/mol.